The second kappa shape index (κ2) is 8.97. The van der Waals surface area contributed by atoms with Gasteiger partial charge in [-0.1, -0.05) is 34.1 Å². The van der Waals surface area contributed by atoms with E-state index in [4.69, 9.17) is 0 Å². The molecule has 2 N–H and O–H groups in total. The number of rotatable bonds is 7. The minimum atomic E-state index is -0.373. The third-order valence-corrected chi connectivity index (χ3v) is 4.91. The van der Waals surface area contributed by atoms with Crippen LogP contribution >= 0.6 is 15.9 Å². The fourth-order valence-electron chi connectivity index (χ4n) is 2.98. The van der Waals surface area contributed by atoms with Crippen LogP contribution in [0, 0.1) is 5.82 Å². The highest BCUT2D eigenvalue weighted by Gasteiger charge is 2.34. The average Bonchev–Trinajstić information content (AvgIpc) is 2.90. The van der Waals surface area contributed by atoms with Crippen molar-refractivity contribution in [3.05, 3.63) is 69.4 Å². The molecule has 1 aliphatic rings. The highest BCUT2D eigenvalue weighted by atomic mass is 79.9. The SMILES string of the molecule is O=C(NCCCN1C(=O)c2ccc(Br)cc2C1=O)NCCc1ccccc1F. The number of benzene rings is 2. The van der Waals surface area contributed by atoms with Crippen LogP contribution in [-0.4, -0.2) is 42.4 Å². The largest absolute Gasteiger partial charge is 0.338 e. The maximum atomic E-state index is 13.5. The van der Waals surface area contributed by atoms with E-state index >= 15 is 0 Å². The van der Waals surface area contributed by atoms with Gasteiger partial charge in [-0.2, -0.15) is 0 Å². The van der Waals surface area contributed by atoms with Gasteiger partial charge < -0.3 is 10.6 Å². The molecule has 3 rings (SSSR count). The lowest BCUT2D eigenvalue weighted by Gasteiger charge is -2.14. The van der Waals surface area contributed by atoms with E-state index in [-0.39, 0.29) is 30.2 Å². The summed E-state index contributed by atoms with van der Waals surface area (Å²) in [6.45, 7) is 0.835. The first kappa shape index (κ1) is 20.0. The van der Waals surface area contributed by atoms with Gasteiger partial charge in [-0.15, -0.1) is 0 Å². The predicted octanol–water partition coefficient (Wildman–Crippen LogP) is 3.12. The molecule has 1 aliphatic heterocycles. The van der Waals surface area contributed by atoms with Crippen LogP contribution in [0.4, 0.5) is 9.18 Å². The van der Waals surface area contributed by atoms with Crippen molar-refractivity contribution in [3.63, 3.8) is 0 Å². The molecule has 0 saturated heterocycles. The van der Waals surface area contributed by atoms with E-state index in [1.807, 2.05) is 0 Å². The van der Waals surface area contributed by atoms with E-state index in [0.717, 1.165) is 4.47 Å². The summed E-state index contributed by atoms with van der Waals surface area (Å²) in [7, 11) is 0. The number of imide groups is 1. The first-order valence-electron chi connectivity index (χ1n) is 8.88. The molecule has 0 aromatic heterocycles. The maximum absolute atomic E-state index is 13.5. The Morgan fingerprint density at radius 1 is 1.00 bits per heavy atom. The molecule has 0 fully saturated rings. The molecule has 0 unspecified atom stereocenters. The van der Waals surface area contributed by atoms with Crippen molar-refractivity contribution < 1.29 is 18.8 Å². The number of halogens is 2. The Morgan fingerprint density at radius 3 is 2.50 bits per heavy atom. The molecule has 0 saturated carbocycles. The molecule has 0 spiro atoms. The van der Waals surface area contributed by atoms with Gasteiger partial charge in [-0.05, 0) is 42.7 Å². The van der Waals surface area contributed by atoms with Crippen molar-refractivity contribution in [3.8, 4) is 0 Å². The summed E-state index contributed by atoms with van der Waals surface area (Å²) in [5, 5.41) is 5.32. The van der Waals surface area contributed by atoms with Gasteiger partial charge in [0.15, 0.2) is 0 Å². The van der Waals surface area contributed by atoms with Crippen LogP contribution in [0.3, 0.4) is 0 Å². The third-order valence-electron chi connectivity index (χ3n) is 4.41. The summed E-state index contributed by atoms with van der Waals surface area (Å²) >= 11 is 3.29. The fraction of sp³-hybridized carbons (Fsp3) is 0.250. The first-order chi connectivity index (χ1) is 13.5. The fourth-order valence-corrected chi connectivity index (χ4v) is 3.34. The summed E-state index contributed by atoms with van der Waals surface area (Å²) in [6.07, 6.45) is 0.831. The van der Waals surface area contributed by atoms with Crippen LogP contribution in [0.25, 0.3) is 0 Å². The minimum absolute atomic E-state index is 0.222. The molecular formula is C20H19BrFN3O3. The number of carbonyl (C=O) groups is 3. The van der Waals surface area contributed by atoms with Crippen molar-refractivity contribution in [2.24, 2.45) is 0 Å². The van der Waals surface area contributed by atoms with Crippen LogP contribution in [0.5, 0.6) is 0 Å². The minimum Gasteiger partial charge on any atom is -0.338 e. The molecule has 28 heavy (non-hydrogen) atoms. The molecule has 6 nitrogen and oxygen atoms in total. The summed E-state index contributed by atoms with van der Waals surface area (Å²) < 4.78 is 14.2. The highest BCUT2D eigenvalue weighted by Crippen LogP contribution is 2.25. The Hall–Kier alpha value is -2.74. The van der Waals surface area contributed by atoms with Gasteiger partial charge in [-0.25, -0.2) is 9.18 Å². The van der Waals surface area contributed by atoms with E-state index in [1.54, 1.807) is 36.4 Å². The number of fused-ring (bicyclic) bond motifs is 1. The highest BCUT2D eigenvalue weighted by molar-refractivity contribution is 9.10. The second-order valence-corrected chi connectivity index (χ2v) is 7.25. The lowest BCUT2D eigenvalue weighted by molar-refractivity contribution is 0.0653. The van der Waals surface area contributed by atoms with Crippen molar-refractivity contribution in [2.75, 3.05) is 19.6 Å². The molecule has 146 valence electrons. The molecular weight excluding hydrogens is 429 g/mol. The first-order valence-corrected chi connectivity index (χ1v) is 9.67. The van der Waals surface area contributed by atoms with Crippen LogP contribution in [0.2, 0.25) is 0 Å². The molecule has 8 heteroatoms. The zero-order valence-corrected chi connectivity index (χ0v) is 16.6. The number of nitrogens with zero attached hydrogens (tertiary/aromatic N) is 1. The second-order valence-electron chi connectivity index (χ2n) is 6.33. The maximum Gasteiger partial charge on any atom is 0.314 e. The van der Waals surface area contributed by atoms with Crippen LogP contribution in [-0.2, 0) is 6.42 Å². The third kappa shape index (κ3) is 4.56. The molecule has 4 amide bonds. The monoisotopic (exact) mass is 447 g/mol. The Morgan fingerprint density at radius 2 is 1.71 bits per heavy atom. The molecule has 2 aromatic rings. The van der Waals surface area contributed by atoms with Gasteiger partial charge in [0.2, 0.25) is 0 Å². The molecule has 0 atom stereocenters. The van der Waals surface area contributed by atoms with Gasteiger partial charge in [0.05, 0.1) is 11.1 Å². The predicted molar refractivity (Wildman–Crippen MR) is 106 cm³/mol. The smallest absolute Gasteiger partial charge is 0.314 e. The van der Waals surface area contributed by atoms with E-state index in [0.29, 0.717) is 42.6 Å². The lowest BCUT2D eigenvalue weighted by atomic mass is 10.1. The van der Waals surface area contributed by atoms with Gasteiger partial charge in [-0.3, -0.25) is 14.5 Å². The van der Waals surface area contributed by atoms with E-state index in [1.165, 1.54) is 11.0 Å². The molecule has 0 radical (unpaired) electrons. The standard InChI is InChI=1S/C20H19BrFN3O3/c21-14-6-7-15-16(12-14)19(27)25(18(15)26)11-3-9-23-20(28)24-10-8-13-4-1-2-5-17(13)22/h1-2,4-7,12H,3,8-11H2,(H2,23,24,28). The molecule has 1 heterocycles. The number of urea groups is 1. The Kier molecular flexibility index (Phi) is 6.41. The molecule has 0 bridgehead atoms. The van der Waals surface area contributed by atoms with Gasteiger partial charge in [0, 0.05) is 24.1 Å². The van der Waals surface area contributed by atoms with Crippen molar-refractivity contribution in [1.82, 2.24) is 15.5 Å². The summed E-state index contributed by atoms with van der Waals surface area (Å²) in [4.78, 5) is 37.6. The number of amides is 4. The Bertz CT molecular complexity index is 919. The van der Waals surface area contributed by atoms with E-state index in [9.17, 15) is 18.8 Å². The number of hydrogen-bond acceptors (Lipinski definition) is 3. The Balaban J connectivity index is 1.38. The average molecular weight is 448 g/mol. The number of carbonyl (C=O) groups excluding carboxylic acids is 3. The normalized spacial score (nSPS) is 12.9. The van der Waals surface area contributed by atoms with Crippen molar-refractivity contribution in [1.29, 1.82) is 0 Å². The summed E-state index contributed by atoms with van der Waals surface area (Å²) in [5.41, 5.74) is 1.32. The van der Waals surface area contributed by atoms with Crippen molar-refractivity contribution in [2.45, 2.75) is 12.8 Å². The van der Waals surface area contributed by atoms with Crippen LogP contribution < -0.4 is 10.6 Å². The zero-order chi connectivity index (χ0) is 20.1. The zero-order valence-electron chi connectivity index (χ0n) is 15.0. The van der Waals surface area contributed by atoms with E-state index < -0.39 is 0 Å². The molecule has 2 aromatic carbocycles. The van der Waals surface area contributed by atoms with Gasteiger partial charge in [0.1, 0.15) is 5.82 Å². The number of nitrogens with one attached hydrogen (secondary N) is 2. The van der Waals surface area contributed by atoms with Crippen LogP contribution in [0.15, 0.2) is 46.9 Å². The number of hydrogen-bond donors (Lipinski definition) is 2. The lowest BCUT2D eigenvalue weighted by Crippen LogP contribution is -2.39. The summed E-state index contributed by atoms with van der Waals surface area (Å²) in [5.74, 6) is -0.935. The molecule has 0 aliphatic carbocycles. The Labute approximate surface area is 170 Å². The topological polar surface area (TPSA) is 78.5 Å². The van der Waals surface area contributed by atoms with Gasteiger partial charge in [0.25, 0.3) is 11.8 Å². The van der Waals surface area contributed by atoms with Crippen LogP contribution in [0.1, 0.15) is 32.7 Å². The quantitative estimate of drug-likeness (QED) is 0.505. The van der Waals surface area contributed by atoms with E-state index in [2.05, 4.69) is 26.6 Å². The summed E-state index contributed by atoms with van der Waals surface area (Å²) in [6, 6.07) is 11.0. The van der Waals surface area contributed by atoms with Crippen molar-refractivity contribution >= 4 is 33.8 Å². The van der Waals surface area contributed by atoms with Gasteiger partial charge >= 0.3 is 6.03 Å².